The molecule has 1 saturated heterocycles. The van der Waals surface area contributed by atoms with Crippen LogP contribution in [0.1, 0.15) is 46.8 Å². The van der Waals surface area contributed by atoms with E-state index in [1.165, 1.54) is 7.11 Å². The first-order valence-electron chi connectivity index (χ1n) is 11.8. The van der Waals surface area contributed by atoms with Crippen LogP contribution in [0, 0.1) is 0 Å². The second-order valence-corrected chi connectivity index (χ2v) is 10.2. The number of ether oxygens (including phenoxy) is 1. The van der Waals surface area contributed by atoms with Gasteiger partial charge >= 0.3 is 6.18 Å². The van der Waals surface area contributed by atoms with Crippen LogP contribution in [-0.4, -0.2) is 67.8 Å². The Kier molecular flexibility index (Phi) is 7.68. The van der Waals surface area contributed by atoms with Gasteiger partial charge in [0.05, 0.1) is 24.3 Å². The molecule has 1 atom stereocenters. The van der Waals surface area contributed by atoms with Gasteiger partial charge in [0.25, 0.3) is 5.91 Å². The van der Waals surface area contributed by atoms with Gasteiger partial charge in [-0.05, 0) is 50.3 Å². The van der Waals surface area contributed by atoms with Crippen molar-refractivity contribution in [2.75, 3.05) is 46.6 Å². The van der Waals surface area contributed by atoms with Gasteiger partial charge in [0.15, 0.2) is 0 Å². The molecule has 4 rings (SSSR count). The molecule has 0 bridgehead atoms. The number of carbonyl (C=O) groups excluding carboxylic acids is 1. The highest BCUT2D eigenvalue weighted by Gasteiger charge is 2.50. The molecule has 2 aromatic rings. The van der Waals surface area contributed by atoms with Crippen LogP contribution < -0.4 is 10.1 Å². The fourth-order valence-electron chi connectivity index (χ4n) is 5.25. The molecule has 0 aromatic heterocycles. The van der Waals surface area contributed by atoms with E-state index in [9.17, 15) is 18.0 Å². The van der Waals surface area contributed by atoms with E-state index in [4.69, 9.17) is 4.74 Å². The van der Waals surface area contributed by atoms with E-state index in [0.717, 1.165) is 74.9 Å². The van der Waals surface area contributed by atoms with Gasteiger partial charge in [-0.2, -0.15) is 13.2 Å². The van der Waals surface area contributed by atoms with Crippen molar-refractivity contribution in [1.29, 1.82) is 0 Å². The molecule has 5 nitrogen and oxygen atoms in total. The number of piperazine rings is 1. The highest BCUT2D eigenvalue weighted by molar-refractivity contribution is 7.98. The van der Waals surface area contributed by atoms with E-state index in [1.54, 1.807) is 6.26 Å². The number of halogens is 3. The zero-order valence-electron chi connectivity index (χ0n) is 20.3. The maximum absolute atomic E-state index is 13.8. The monoisotopic (exact) mass is 507 g/mol. The average Bonchev–Trinajstić information content (AvgIpc) is 2.82. The third kappa shape index (κ3) is 5.17. The minimum absolute atomic E-state index is 0.0734. The van der Waals surface area contributed by atoms with E-state index in [-0.39, 0.29) is 27.8 Å². The van der Waals surface area contributed by atoms with Crippen molar-refractivity contribution in [3.8, 4) is 5.75 Å². The van der Waals surface area contributed by atoms with Crippen molar-refractivity contribution in [2.45, 2.75) is 41.9 Å². The van der Waals surface area contributed by atoms with Crippen molar-refractivity contribution in [1.82, 2.24) is 15.1 Å². The number of nitrogens with zero attached hydrogens (tertiary/aromatic N) is 2. The van der Waals surface area contributed by atoms with Crippen LogP contribution >= 0.6 is 11.8 Å². The summed E-state index contributed by atoms with van der Waals surface area (Å²) < 4.78 is 45.7. The van der Waals surface area contributed by atoms with Crippen molar-refractivity contribution >= 4 is 17.7 Å². The average molecular weight is 508 g/mol. The summed E-state index contributed by atoms with van der Waals surface area (Å²) in [7, 11) is 3.41. The molecular formula is C26H32F3N3O2S. The fourth-order valence-corrected chi connectivity index (χ4v) is 5.90. The van der Waals surface area contributed by atoms with Gasteiger partial charge in [-0.3, -0.25) is 9.69 Å². The highest BCUT2D eigenvalue weighted by Crippen LogP contribution is 2.48. The van der Waals surface area contributed by atoms with Crippen LogP contribution in [0.5, 0.6) is 5.75 Å². The quantitative estimate of drug-likeness (QED) is 0.530. The molecule has 1 aliphatic carbocycles. The summed E-state index contributed by atoms with van der Waals surface area (Å²) in [5.41, 5.74) is 0.0809. The first-order valence-corrected chi connectivity index (χ1v) is 13.0. The number of amides is 1. The number of methoxy groups -OCH3 is 1. The first-order chi connectivity index (χ1) is 16.7. The molecule has 0 spiro atoms. The van der Waals surface area contributed by atoms with E-state index in [0.29, 0.717) is 0 Å². The Hall–Kier alpha value is -2.23. The van der Waals surface area contributed by atoms with Gasteiger partial charge in [0.1, 0.15) is 5.75 Å². The zero-order chi connectivity index (χ0) is 25.2. The molecule has 190 valence electrons. The topological polar surface area (TPSA) is 44.8 Å². The molecular weight excluding hydrogens is 475 g/mol. The molecule has 2 fully saturated rings. The predicted molar refractivity (Wildman–Crippen MR) is 132 cm³/mol. The molecule has 1 heterocycles. The predicted octanol–water partition coefficient (Wildman–Crippen LogP) is 5.08. The van der Waals surface area contributed by atoms with E-state index in [1.807, 2.05) is 30.3 Å². The number of carbonyl (C=O) groups is 1. The molecule has 1 aliphatic heterocycles. The van der Waals surface area contributed by atoms with Crippen LogP contribution in [0.3, 0.4) is 0 Å². The molecule has 2 aliphatic rings. The Labute approximate surface area is 209 Å². The lowest BCUT2D eigenvalue weighted by Crippen LogP contribution is -2.65. The summed E-state index contributed by atoms with van der Waals surface area (Å²) >= 11 is 1.11. The number of nitrogens with one attached hydrogen (secondary N) is 1. The lowest BCUT2D eigenvalue weighted by Gasteiger charge is -2.56. The Morgan fingerprint density at radius 1 is 1.11 bits per heavy atom. The Bertz CT molecular complexity index is 1010. The number of benzene rings is 2. The number of hydrogen-bond donors (Lipinski definition) is 1. The van der Waals surface area contributed by atoms with Crippen molar-refractivity contribution < 1.29 is 22.7 Å². The minimum Gasteiger partial charge on any atom is -0.496 e. The second kappa shape index (κ2) is 10.4. The third-order valence-electron chi connectivity index (χ3n) is 7.36. The maximum Gasteiger partial charge on any atom is 0.416 e. The largest absolute Gasteiger partial charge is 0.496 e. The van der Waals surface area contributed by atoms with Gasteiger partial charge in [-0.1, -0.05) is 30.3 Å². The number of likely N-dealkylation sites (N-methyl/N-ethyl adjacent to an activating group) is 1. The SMILES string of the molecule is COc1cc(C(F)(F)F)cc(SC)c1C(=O)NC(c1ccccc1)C1(N2CCN(C)CC2)CCC1. The van der Waals surface area contributed by atoms with Crippen LogP contribution in [0.2, 0.25) is 0 Å². The van der Waals surface area contributed by atoms with Gasteiger partial charge in [-0.15, -0.1) is 11.8 Å². The Morgan fingerprint density at radius 3 is 2.29 bits per heavy atom. The van der Waals surface area contributed by atoms with Crippen molar-refractivity contribution in [3.63, 3.8) is 0 Å². The van der Waals surface area contributed by atoms with E-state index < -0.39 is 17.6 Å². The Balaban J connectivity index is 1.73. The molecule has 1 N–H and O–H groups in total. The third-order valence-corrected chi connectivity index (χ3v) is 8.12. The summed E-state index contributed by atoms with van der Waals surface area (Å²) in [4.78, 5) is 18.8. The van der Waals surface area contributed by atoms with Gasteiger partial charge < -0.3 is 15.0 Å². The number of hydrogen-bond acceptors (Lipinski definition) is 5. The molecule has 35 heavy (non-hydrogen) atoms. The maximum atomic E-state index is 13.8. The number of rotatable bonds is 7. The van der Waals surface area contributed by atoms with Crippen LogP contribution in [-0.2, 0) is 6.18 Å². The fraction of sp³-hybridized carbons (Fsp3) is 0.500. The summed E-state index contributed by atoms with van der Waals surface area (Å²) in [6.07, 6.45) is 0.117. The summed E-state index contributed by atoms with van der Waals surface area (Å²) in [6, 6.07) is 11.5. The molecule has 1 unspecified atom stereocenters. The van der Waals surface area contributed by atoms with Crippen molar-refractivity contribution in [3.05, 3.63) is 59.2 Å². The van der Waals surface area contributed by atoms with Crippen molar-refractivity contribution in [2.24, 2.45) is 0 Å². The van der Waals surface area contributed by atoms with Crippen LogP contribution in [0.15, 0.2) is 47.4 Å². The standard InChI is InChI=1S/C26H32F3N3O2S/c1-31-12-14-32(15-13-31)25(10-7-11-25)23(18-8-5-4-6-9-18)30-24(33)22-20(34-2)16-19(26(27,28)29)17-21(22)35-3/h4-6,8-9,16-17,23H,7,10-15H2,1-3H3,(H,30,33). The molecule has 1 amide bonds. The number of thioether (sulfide) groups is 1. The van der Waals surface area contributed by atoms with E-state index in [2.05, 4.69) is 22.2 Å². The van der Waals surface area contributed by atoms with Gasteiger partial charge in [0, 0.05) is 36.6 Å². The van der Waals surface area contributed by atoms with Crippen LogP contribution in [0.25, 0.3) is 0 Å². The van der Waals surface area contributed by atoms with E-state index >= 15 is 0 Å². The highest BCUT2D eigenvalue weighted by atomic mass is 32.2. The minimum atomic E-state index is -4.53. The number of alkyl halides is 3. The van der Waals surface area contributed by atoms with Crippen LogP contribution in [0.4, 0.5) is 13.2 Å². The second-order valence-electron chi connectivity index (χ2n) is 9.32. The Morgan fingerprint density at radius 2 is 1.77 bits per heavy atom. The summed E-state index contributed by atoms with van der Waals surface area (Å²) in [5, 5.41) is 3.24. The molecule has 1 saturated carbocycles. The molecule has 9 heteroatoms. The molecule has 0 radical (unpaired) electrons. The summed E-state index contributed by atoms with van der Waals surface area (Å²) in [5.74, 6) is -0.495. The smallest absolute Gasteiger partial charge is 0.416 e. The normalized spacial score (nSPS) is 19.6. The molecule has 2 aromatic carbocycles. The zero-order valence-corrected chi connectivity index (χ0v) is 21.1. The van der Waals surface area contributed by atoms with Gasteiger partial charge in [0.2, 0.25) is 0 Å². The summed E-state index contributed by atoms with van der Waals surface area (Å²) in [6.45, 7) is 3.74. The van der Waals surface area contributed by atoms with Gasteiger partial charge in [-0.25, -0.2) is 0 Å². The lowest BCUT2D eigenvalue weighted by molar-refractivity contribution is -0.137. The first kappa shape index (κ1) is 25.9. The lowest BCUT2D eigenvalue weighted by atomic mass is 9.67.